The van der Waals surface area contributed by atoms with Crippen molar-refractivity contribution in [2.45, 2.75) is 0 Å². The van der Waals surface area contributed by atoms with E-state index in [-0.39, 0.29) is 0 Å². The third-order valence-corrected chi connectivity index (χ3v) is 4.67. The van der Waals surface area contributed by atoms with Crippen molar-refractivity contribution in [1.82, 2.24) is 0 Å². The highest BCUT2D eigenvalue weighted by atomic mass is 31.2. The molecule has 0 saturated heterocycles. The van der Waals surface area contributed by atoms with E-state index < -0.39 is 7.11 Å². The van der Waals surface area contributed by atoms with Gasteiger partial charge >= 0.3 is 0 Å². The van der Waals surface area contributed by atoms with Crippen LogP contribution in [-0.4, -0.2) is 11.2 Å². The van der Waals surface area contributed by atoms with Gasteiger partial charge in [-0.05, 0) is 0 Å². The molecule has 0 amide bonds. The van der Waals surface area contributed by atoms with E-state index >= 15 is 0 Å². The summed E-state index contributed by atoms with van der Waals surface area (Å²) in [5.41, 5.74) is 0. The van der Waals surface area contributed by atoms with Crippen LogP contribution in [0, 0.1) is 0 Å². The molecule has 2 heteroatoms. The molecule has 2 aromatic rings. The van der Waals surface area contributed by atoms with Gasteiger partial charge in [0.2, 0.25) is 0 Å². The lowest BCUT2D eigenvalue weighted by atomic mass is 10.4. The van der Waals surface area contributed by atoms with Crippen molar-refractivity contribution in [2.75, 3.05) is 0 Å². The zero-order valence-electron chi connectivity index (χ0n) is 8.38. The molecule has 0 unspecified atom stereocenters. The van der Waals surface area contributed by atoms with Crippen LogP contribution in [-0.2, 0) is 0 Å². The van der Waals surface area contributed by atoms with Crippen LogP contribution in [0.4, 0.5) is 0 Å². The van der Waals surface area contributed by atoms with Gasteiger partial charge < -0.3 is 4.89 Å². The summed E-state index contributed by atoms with van der Waals surface area (Å²) in [7, 11) is -2.40. The molecule has 0 aliphatic rings. The molecule has 1 N–H and O–H groups in total. The molecule has 2 rings (SSSR count). The molecule has 0 saturated carbocycles. The summed E-state index contributed by atoms with van der Waals surface area (Å²) < 4.78 is 0. The van der Waals surface area contributed by atoms with Crippen molar-refractivity contribution >= 4 is 24.0 Å². The minimum Gasteiger partial charge on any atom is -0.368 e. The molecule has 0 aliphatic heterocycles. The van der Waals surface area contributed by atoms with E-state index in [1.165, 1.54) is 0 Å². The van der Waals surface area contributed by atoms with Gasteiger partial charge in [-0.15, -0.1) is 0 Å². The zero-order chi connectivity index (χ0) is 10.7. The first kappa shape index (κ1) is 10.2. The van der Waals surface area contributed by atoms with Crippen LogP contribution in [0.15, 0.2) is 60.7 Å². The van der Waals surface area contributed by atoms with Crippen molar-refractivity contribution in [3.05, 3.63) is 60.7 Å². The number of rotatable bonds is 2. The SMILES string of the molecule is C=P(O)(c1ccccc1)c1ccccc1. The summed E-state index contributed by atoms with van der Waals surface area (Å²) >= 11 is 0. The molecule has 1 nitrogen and oxygen atoms in total. The second-order valence-electron chi connectivity index (χ2n) is 3.44. The highest BCUT2D eigenvalue weighted by Gasteiger charge is 2.14. The van der Waals surface area contributed by atoms with Gasteiger partial charge in [-0.25, -0.2) is 0 Å². The molecule has 0 radical (unpaired) electrons. The lowest BCUT2D eigenvalue weighted by molar-refractivity contribution is 0.641. The second kappa shape index (κ2) is 4.06. The number of benzene rings is 2. The van der Waals surface area contributed by atoms with Gasteiger partial charge in [-0.2, -0.15) is 0 Å². The van der Waals surface area contributed by atoms with Crippen LogP contribution in [0.1, 0.15) is 0 Å². The molecule has 15 heavy (non-hydrogen) atoms. The van der Waals surface area contributed by atoms with Gasteiger partial charge in [0.15, 0.2) is 0 Å². The minimum atomic E-state index is -2.40. The summed E-state index contributed by atoms with van der Waals surface area (Å²) in [5.74, 6) is 0. The smallest absolute Gasteiger partial charge is 0.0529 e. The van der Waals surface area contributed by atoms with E-state index in [0.717, 1.165) is 10.6 Å². The molecule has 0 spiro atoms. The first-order valence-corrected chi connectivity index (χ1v) is 6.71. The average Bonchev–Trinajstić information content (AvgIpc) is 2.31. The van der Waals surface area contributed by atoms with Crippen LogP contribution < -0.4 is 10.6 Å². The number of hydrogen-bond donors (Lipinski definition) is 1. The third-order valence-electron chi connectivity index (χ3n) is 2.37. The molecule has 0 atom stereocenters. The Labute approximate surface area is 90.1 Å². The molecule has 0 bridgehead atoms. The summed E-state index contributed by atoms with van der Waals surface area (Å²) in [4.78, 5) is 10.5. The van der Waals surface area contributed by atoms with Crippen molar-refractivity contribution in [2.24, 2.45) is 0 Å². The lowest BCUT2D eigenvalue weighted by Crippen LogP contribution is -2.15. The predicted molar refractivity (Wildman–Crippen MR) is 68.4 cm³/mol. The van der Waals surface area contributed by atoms with Crippen molar-refractivity contribution in [1.29, 1.82) is 0 Å². The average molecular weight is 216 g/mol. The topological polar surface area (TPSA) is 20.2 Å². The molecule has 2 aromatic carbocycles. The third kappa shape index (κ3) is 2.04. The van der Waals surface area contributed by atoms with Gasteiger partial charge in [0.1, 0.15) is 0 Å². The maximum Gasteiger partial charge on any atom is 0.0529 e. The Morgan fingerprint density at radius 2 is 1.07 bits per heavy atom. The molecule has 0 aromatic heterocycles. The minimum absolute atomic E-state index is 0.913. The molecule has 0 fully saturated rings. The first-order chi connectivity index (χ1) is 7.21. The van der Waals surface area contributed by atoms with Gasteiger partial charge in [0, 0.05) is 10.6 Å². The monoisotopic (exact) mass is 216 g/mol. The molecular weight excluding hydrogens is 203 g/mol. The van der Waals surface area contributed by atoms with Crippen LogP contribution in [0.5, 0.6) is 0 Å². The normalized spacial score (nSPS) is 11.3. The van der Waals surface area contributed by atoms with Crippen molar-refractivity contribution in [3.8, 4) is 0 Å². The second-order valence-corrected chi connectivity index (χ2v) is 6.01. The van der Waals surface area contributed by atoms with Gasteiger partial charge in [0.25, 0.3) is 0 Å². The summed E-state index contributed by atoms with van der Waals surface area (Å²) in [6.07, 6.45) is 3.98. The fourth-order valence-corrected chi connectivity index (χ4v) is 3.13. The Bertz CT molecular complexity index is 433. The Kier molecular flexibility index (Phi) is 2.77. The molecule has 76 valence electrons. The van der Waals surface area contributed by atoms with E-state index in [1.807, 2.05) is 60.7 Å². The van der Waals surface area contributed by atoms with Crippen LogP contribution in [0.3, 0.4) is 0 Å². The van der Waals surface area contributed by atoms with Crippen LogP contribution in [0.25, 0.3) is 0 Å². The van der Waals surface area contributed by atoms with E-state index in [2.05, 4.69) is 6.30 Å². The maximum absolute atomic E-state index is 10.5. The first-order valence-electron chi connectivity index (χ1n) is 4.78. The summed E-state index contributed by atoms with van der Waals surface area (Å²) in [5, 5.41) is 1.83. The molecule has 0 heterocycles. The summed E-state index contributed by atoms with van der Waals surface area (Å²) in [6.45, 7) is 0. The van der Waals surface area contributed by atoms with Crippen LogP contribution in [0.2, 0.25) is 0 Å². The van der Waals surface area contributed by atoms with E-state index in [9.17, 15) is 4.89 Å². The van der Waals surface area contributed by atoms with E-state index in [4.69, 9.17) is 0 Å². The number of hydrogen-bond acceptors (Lipinski definition) is 1. The van der Waals surface area contributed by atoms with E-state index in [0.29, 0.717) is 0 Å². The Balaban J connectivity index is 2.50. The van der Waals surface area contributed by atoms with Crippen LogP contribution >= 0.6 is 7.11 Å². The highest BCUT2D eigenvalue weighted by molar-refractivity contribution is 7.82. The predicted octanol–water partition coefficient (Wildman–Crippen LogP) is 1.99. The Morgan fingerprint density at radius 3 is 1.40 bits per heavy atom. The van der Waals surface area contributed by atoms with Crippen molar-refractivity contribution in [3.63, 3.8) is 0 Å². The summed E-state index contributed by atoms with van der Waals surface area (Å²) in [6, 6.07) is 19.3. The van der Waals surface area contributed by atoms with Gasteiger partial charge in [0.05, 0.1) is 7.11 Å². The fraction of sp³-hybridized carbons (Fsp3) is 0. The Hall–Kier alpha value is -1.30. The quantitative estimate of drug-likeness (QED) is 0.761. The standard InChI is InChI=1S/C13H13OP/c1-15(14,12-8-4-2-5-9-12)13-10-6-3-7-11-13/h2-11,14H,1H2. The fourth-order valence-electron chi connectivity index (χ4n) is 1.50. The van der Waals surface area contributed by atoms with Gasteiger partial charge in [-0.1, -0.05) is 67.0 Å². The van der Waals surface area contributed by atoms with E-state index in [1.54, 1.807) is 0 Å². The Morgan fingerprint density at radius 1 is 0.733 bits per heavy atom. The largest absolute Gasteiger partial charge is 0.368 e. The van der Waals surface area contributed by atoms with Gasteiger partial charge in [-0.3, -0.25) is 0 Å². The van der Waals surface area contributed by atoms with Crippen molar-refractivity contribution < 1.29 is 4.89 Å². The lowest BCUT2D eigenvalue weighted by Gasteiger charge is -2.18. The zero-order valence-corrected chi connectivity index (χ0v) is 9.27. The molecular formula is C13H13OP. The highest BCUT2D eigenvalue weighted by Crippen LogP contribution is 2.36. The maximum atomic E-state index is 10.5. The molecule has 0 aliphatic carbocycles.